The molecule has 0 aliphatic carbocycles. The fraction of sp³-hybridized carbons (Fsp3) is 0.179. The number of carbonyl (C=O) groups is 1. The predicted molar refractivity (Wildman–Crippen MR) is 141 cm³/mol. The van der Waals surface area contributed by atoms with Gasteiger partial charge in [-0.25, -0.2) is 19.1 Å². The molecule has 2 heterocycles. The zero-order valence-electron chi connectivity index (χ0n) is 21.5. The van der Waals surface area contributed by atoms with Crippen LogP contribution >= 0.6 is 0 Å². The topological polar surface area (TPSA) is 107 Å². The highest BCUT2D eigenvalue weighted by Gasteiger charge is 2.25. The summed E-state index contributed by atoms with van der Waals surface area (Å²) in [6.45, 7) is 7.26. The number of sulfonamides is 1. The summed E-state index contributed by atoms with van der Waals surface area (Å²) in [5.41, 5.74) is 3.18. The van der Waals surface area contributed by atoms with Crippen molar-refractivity contribution in [3.63, 3.8) is 0 Å². The maximum atomic E-state index is 15.0. The van der Waals surface area contributed by atoms with Crippen LogP contribution in [0.2, 0.25) is 0 Å². The van der Waals surface area contributed by atoms with E-state index >= 15 is 4.39 Å². The lowest BCUT2D eigenvalue weighted by molar-refractivity contribution is 0.0978. The Morgan fingerprint density at radius 1 is 0.921 bits per heavy atom. The molecule has 4 aromatic rings. The molecule has 2 aromatic carbocycles. The Labute approximate surface area is 220 Å². The number of pyridine rings is 2. The molecule has 0 aliphatic rings. The van der Waals surface area contributed by atoms with Gasteiger partial charge in [-0.1, -0.05) is 29.8 Å². The zero-order valence-corrected chi connectivity index (χ0v) is 22.3. The van der Waals surface area contributed by atoms with E-state index in [9.17, 15) is 13.2 Å². The highest BCUT2D eigenvalue weighted by atomic mass is 32.2. The summed E-state index contributed by atoms with van der Waals surface area (Å²) in [5.74, 6) is -1.33. The summed E-state index contributed by atoms with van der Waals surface area (Å²) < 4.78 is 54.0. The van der Waals surface area contributed by atoms with Crippen LogP contribution < -0.4 is 14.2 Å². The number of halogens is 1. The van der Waals surface area contributed by atoms with Crippen molar-refractivity contribution in [2.75, 3.05) is 7.11 Å². The van der Waals surface area contributed by atoms with Crippen molar-refractivity contribution < 1.29 is 27.1 Å². The molecule has 2 aromatic heterocycles. The molecule has 0 bridgehead atoms. The Morgan fingerprint density at radius 3 is 2.26 bits per heavy atom. The van der Waals surface area contributed by atoms with Gasteiger partial charge < -0.3 is 9.47 Å². The number of aryl methyl sites for hydroxylation is 4. The maximum Gasteiger partial charge on any atom is 0.281 e. The lowest BCUT2D eigenvalue weighted by Crippen LogP contribution is -2.31. The molecule has 0 spiro atoms. The van der Waals surface area contributed by atoms with Crippen molar-refractivity contribution in [1.29, 1.82) is 0 Å². The van der Waals surface area contributed by atoms with Crippen LogP contribution in [0, 0.1) is 33.5 Å². The predicted octanol–water partition coefficient (Wildman–Crippen LogP) is 5.44. The maximum absolute atomic E-state index is 15.0. The van der Waals surface area contributed by atoms with Gasteiger partial charge in [-0.15, -0.1) is 0 Å². The van der Waals surface area contributed by atoms with Crippen LogP contribution in [0.5, 0.6) is 17.4 Å². The van der Waals surface area contributed by atoms with Crippen LogP contribution in [-0.2, 0) is 10.0 Å². The minimum Gasteiger partial charge on any atom is -0.494 e. The van der Waals surface area contributed by atoms with E-state index in [-0.39, 0.29) is 33.5 Å². The van der Waals surface area contributed by atoms with Gasteiger partial charge in [-0.2, -0.15) is 8.42 Å². The molecule has 0 saturated heterocycles. The van der Waals surface area contributed by atoms with Gasteiger partial charge in [0.1, 0.15) is 11.3 Å². The lowest BCUT2D eigenvalue weighted by Gasteiger charge is -2.16. The number of benzene rings is 2. The van der Waals surface area contributed by atoms with E-state index < -0.39 is 21.7 Å². The molecular weight excluding hydrogens is 509 g/mol. The number of hydrogen-bond donors (Lipinski definition) is 1. The first-order valence-corrected chi connectivity index (χ1v) is 13.1. The first-order valence-electron chi connectivity index (χ1n) is 11.6. The average molecular weight is 536 g/mol. The second kappa shape index (κ2) is 10.6. The van der Waals surface area contributed by atoms with E-state index in [1.807, 2.05) is 37.6 Å². The number of carbonyl (C=O) groups excluding carboxylic acids is 1. The fourth-order valence-corrected chi connectivity index (χ4v) is 5.01. The summed E-state index contributed by atoms with van der Waals surface area (Å²) in [6.07, 6.45) is 0. The van der Waals surface area contributed by atoms with Gasteiger partial charge in [-0.3, -0.25) is 4.79 Å². The summed E-state index contributed by atoms with van der Waals surface area (Å²) in [4.78, 5) is 21.7. The van der Waals surface area contributed by atoms with Crippen LogP contribution in [0.25, 0.3) is 11.3 Å². The number of methoxy groups -OCH3 is 1. The third kappa shape index (κ3) is 5.50. The lowest BCUT2D eigenvalue weighted by atomic mass is 10.1. The Balaban J connectivity index is 1.81. The average Bonchev–Trinajstić information content (AvgIpc) is 2.86. The quantitative estimate of drug-likeness (QED) is 0.336. The number of hydrogen-bond acceptors (Lipinski definition) is 7. The zero-order chi connectivity index (χ0) is 27.6. The molecule has 1 amide bonds. The van der Waals surface area contributed by atoms with Crippen molar-refractivity contribution in [3.05, 3.63) is 94.4 Å². The largest absolute Gasteiger partial charge is 0.494 e. The first kappa shape index (κ1) is 26.7. The SMILES string of the molecule is COc1cccc(-c2ccc(C(=O)NS(=O)(=O)c3cccc(C)n3)c(Oc3c(C)cc(C)cc3C)n2)c1F. The van der Waals surface area contributed by atoms with Gasteiger partial charge in [-0.05, 0) is 75.2 Å². The van der Waals surface area contributed by atoms with E-state index in [0.717, 1.165) is 16.7 Å². The fourth-order valence-electron chi connectivity index (χ4n) is 4.03. The van der Waals surface area contributed by atoms with Gasteiger partial charge in [0, 0.05) is 11.3 Å². The highest BCUT2D eigenvalue weighted by molar-refractivity contribution is 7.90. The number of nitrogens with zero attached hydrogens (tertiary/aromatic N) is 2. The van der Waals surface area contributed by atoms with Crippen molar-refractivity contribution in [2.24, 2.45) is 0 Å². The monoisotopic (exact) mass is 535 g/mol. The second-order valence-corrected chi connectivity index (χ2v) is 10.4. The van der Waals surface area contributed by atoms with Gasteiger partial charge in [0.25, 0.3) is 15.9 Å². The van der Waals surface area contributed by atoms with E-state index in [2.05, 4.69) is 9.97 Å². The van der Waals surface area contributed by atoms with Crippen molar-refractivity contribution in [3.8, 4) is 28.6 Å². The van der Waals surface area contributed by atoms with Crippen LogP contribution in [0.4, 0.5) is 4.39 Å². The Kier molecular flexibility index (Phi) is 7.45. The van der Waals surface area contributed by atoms with E-state index in [4.69, 9.17) is 9.47 Å². The summed E-state index contributed by atoms with van der Waals surface area (Å²) in [6, 6.07) is 15.6. The third-order valence-electron chi connectivity index (χ3n) is 5.73. The van der Waals surface area contributed by atoms with Crippen molar-refractivity contribution in [2.45, 2.75) is 32.7 Å². The third-order valence-corrected chi connectivity index (χ3v) is 6.96. The van der Waals surface area contributed by atoms with Crippen LogP contribution in [0.3, 0.4) is 0 Å². The molecule has 8 nitrogen and oxygen atoms in total. The smallest absolute Gasteiger partial charge is 0.281 e. The summed E-state index contributed by atoms with van der Waals surface area (Å²) in [5, 5.41) is -0.304. The van der Waals surface area contributed by atoms with Gasteiger partial charge in [0.2, 0.25) is 5.88 Å². The number of ether oxygens (including phenoxy) is 2. The van der Waals surface area contributed by atoms with E-state index in [1.54, 1.807) is 19.1 Å². The number of aromatic nitrogens is 2. The molecule has 0 aliphatic heterocycles. The van der Waals surface area contributed by atoms with Crippen LogP contribution in [0.1, 0.15) is 32.7 Å². The molecule has 0 atom stereocenters. The van der Waals surface area contributed by atoms with Crippen LogP contribution in [0.15, 0.2) is 65.7 Å². The Morgan fingerprint density at radius 2 is 1.61 bits per heavy atom. The molecule has 0 saturated carbocycles. The molecule has 0 radical (unpaired) electrons. The molecule has 1 N–H and O–H groups in total. The molecule has 38 heavy (non-hydrogen) atoms. The number of rotatable bonds is 7. The highest BCUT2D eigenvalue weighted by Crippen LogP contribution is 2.34. The van der Waals surface area contributed by atoms with Crippen LogP contribution in [-0.4, -0.2) is 31.4 Å². The summed E-state index contributed by atoms with van der Waals surface area (Å²) in [7, 11) is -2.94. The number of amides is 1. The van der Waals surface area contributed by atoms with Gasteiger partial charge in [0.05, 0.1) is 12.8 Å². The molecule has 4 rings (SSSR count). The first-order chi connectivity index (χ1) is 18.0. The van der Waals surface area contributed by atoms with Crippen molar-refractivity contribution >= 4 is 15.9 Å². The second-order valence-electron chi connectivity index (χ2n) is 8.75. The molecule has 196 valence electrons. The van der Waals surface area contributed by atoms with E-state index in [0.29, 0.717) is 11.4 Å². The molecule has 10 heteroatoms. The molecular formula is C28H26FN3O5S. The normalized spacial score (nSPS) is 11.2. The molecule has 0 fully saturated rings. The standard InChI is InChI=1S/C28H26FN3O5S/c1-16-14-17(2)26(18(3)15-16)37-28-21(27(33)32-38(34,35)24-11-6-8-19(4)30-24)12-13-22(31-28)20-9-7-10-23(36-5)25(20)29/h6-15H,1-5H3,(H,32,33). The Bertz CT molecular complexity index is 1630. The van der Waals surface area contributed by atoms with E-state index in [1.165, 1.54) is 43.5 Å². The molecule has 0 unspecified atom stereocenters. The minimum absolute atomic E-state index is 0.0237. The van der Waals surface area contributed by atoms with Gasteiger partial charge >= 0.3 is 0 Å². The van der Waals surface area contributed by atoms with Crippen molar-refractivity contribution in [1.82, 2.24) is 14.7 Å². The Hall–Kier alpha value is -4.31. The number of nitrogens with one attached hydrogen (secondary N) is 1. The van der Waals surface area contributed by atoms with Gasteiger partial charge in [0.15, 0.2) is 16.6 Å². The minimum atomic E-state index is -4.29. The summed E-state index contributed by atoms with van der Waals surface area (Å²) >= 11 is 0.